The Morgan fingerprint density at radius 2 is 1.64 bits per heavy atom. The summed E-state index contributed by atoms with van der Waals surface area (Å²) in [4.78, 5) is 3.74. The molecule has 0 fully saturated rings. The number of nitrogens with zero attached hydrogens (tertiary/aromatic N) is 1. The molecule has 1 nitrogen and oxygen atoms in total. The number of thiazole rings is 1. The van der Waals surface area contributed by atoms with Gasteiger partial charge < -0.3 is 0 Å². The van der Waals surface area contributed by atoms with Crippen LogP contribution in [-0.2, 0) is 0 Å². The molecule has 0 N–H and O–H groups in total. The zero-order valence-corrected chi connectivity index (χ0v) is 10.6. The Bertz CT molecular complexity index is 134. The molecule has 1 aromatic heterocycles. The number of rotatable bonds is 0. The quantitative estimate of drug-likeness (QED) is 0.578. The molecule has 0 atom stereocenters. The number of aromatic nitrogens is 1. The van der Waals surface area contributed by atoms with Gasteiger partial charge in [0.1, 0.15) is 0 Å². The van der Waals surface area contributed by atoms with Crippen molar-refractivity contribution in [2.75, 3.05) is 0 Å². The van der Waals surface area contributed by atoms with Crippen LogP contribution in [0.1, 0.15) is 55.4 Å². The Morgan fingerprint density at radius 1 is 1.21 bits per heavy atom. The topological polar surface area (TPSA) is 12.9 Å². The molecule has 14 heavy (non-hydrogen) atoms. The van der Waals surface area contributed by atoms with Gasteiger partial charge in [-0.15, -0.1) is 11.3 Å². The number of hydrogen-bond acceptors (Lipinski definition) is 2. The van der Waals surface area contributed by atoms with E-state index in [4.69, 9.17) is 0 Å². The van der Waals surface area contributed by atoms with Gasteiger partial charge in [-0.1, -0.05) is 55.4 Å². The van der Waals surface area contributed by atoms with Crippen LogP contribution in [0.15, 0.2) is 17.1 Å². The molecule has 0 radical (unpaired) electrons. The fourth-order valence-electron chi connectivity index (χ4n) is 0.176. The number of hydrogen-bond donors (Lipinski definition) is 0. The zero-order chi connectivity index (χ0) is 10.7. The SMILES string of the molecule is C.CC.CCC(C)(C)C.c1cscn1. The first-order valence-electron chi connectivity index (χ1n) is 4.88. The highest BCUT2D eigenvalue weighted by atomic mass is 32.1. The van der Waals surface area contributed by atoms with E-state index in [2.05, 4.69) is 32.7 Å². The van der Waals surface area contributed by atoms with Crippen LogP contribution in [0.25, 0.3) is 0 Å². The third-order valence-corrected chi connectivity index (χ3v) is 1.93. The van der Waals surface area contributed by atoms with Crippen LogP contribution >= 0.6 is 11.3 Å². The molecular weight excluding hydrogens is 190 g/mol. The second-order valence-corrected chi connectivity index (χ2v) is 4.35. The molecule has 0 aliphatic heterocycles. The van der Waals surface area contributed by atoms with Crippen LogP contribution in [0.3, 0.4) is 0 Å². The van der Waals surface area contributed by atoms with Gasteiger partial charge in [-0.05, 0) is 5.41 Å². The first-order valence-corrected chi connectivity index (χ1v) is 5.82. The van der Waals surface area contributed by atoms with Gasteiger partial charge >= 0.3 is 0 Å². The average Bonchev–Trinajstić information content (AvgIpc) is 2.64. The minimum atomic E-state index is 0. The summed E-state index contributed by atoms with van der Waals surface area (Å²) in [5.41, 5.74) is 2.33. The van der Waals surface area contributed by atoms with Crippen molar-refractivity contribution < 1.29 is 0 Å². The monoisotopic (exact) mass is 217 g/mol. The fourth-order valence-corrected chi connectivity index (χ4v) is 0.527. The van der Waals surface area contributed by atoms with Crippen molar-refractivity contribution in [1.82, 2.24) is 4.98 Å². The molecule has 0 saturated carbocycles. The standard InChI is InChI=1S/C6H14.C3H3NS.C2H6.CH4/c1-5-6(2,3)4;1-2-5-3-4-1;1-2;/h5H2,1-4H3;1-3H;1-2H3;1H4. The van der Waals surface area contributed by atoms with Crippen LogP contribution in [0.2, 0.25) is 0 Å². The second kappa shape index (κ2) is 12.6. The van der Waals surface area contributed by atoms with Crippen molar-refractivity contribution in [2.45, 2.75) is 55.4 Å². The van der Waals surface area contributed by atoms with Crippen LogP contribution in [0.5, 0.6) is 0 Å². The maximum atomic E-state index is 3.74. The lowest BCUT2D eigenvalue weighted by molar-refractivity contribution is 0.398. The Hall–Kier alpha value is -0.370. The van der Waals surface area contributed by atoms with Crippen molar-refractivity contribution in [3.8, 4) is 0 Å². The summed E-state index contributed by atoms with van der Waals surface area (Å²) in [6, 6.07) is 0. The smallest absolute Gasteiger partial charge is 0.0791 e. The van der Waals surface area contributed by atoms with Crippen LogP contribution in [0.4, 0.5) is 0 Å². The van der Waals surface area contributed by atoms with E-state index >= 15 is 0 Å². The Labute approximate surface area is 94.6 Å². The molecule has 0 unspecified atom stereocenters. The van der Waals surface area contributed by atoms with E-state index in [0.717, 1.165) is 0 Å². The molecule has 0 spiro atoms. The molecule has 1 heterocycles. The second-order valence-electron chi connectivity index (χ2n) is 3.59. The molecule has 86 valence electrons. The molecular formula is C12H27NS. The summed E-state index contributed by atoms with van der Waals surface area (Å²) in [6.45, 7) is 12.9. The van der Waals surface area contributed by atoms with E-state index in [0.29, 0.717) is 5.41 Å². The van der Waals surface area contributed by atoms with E-state index in [1.165, 1.54) is 6.42 Å². The Kier molecular flexibility index (Phi) is 17.4. The molecule has 0 aliphatic rings. The van der Waals surface area contributed by atoms with Gasteiger partial charge in [0.25, 0.3) is 0 Å². The van der Waals surface area contributed by atoms with Crippen molar-refractivity contribution in [3.63, 3.8) is 0 Å². The summed E-state index contributed by atoms with van der Waals surface area (Å²) >= 11 is 1.60. The first-order chi connectivity index (χ1) is 6.06. The Balaban J connectivity index is -0.000000139. The van der Waals surface area contributed by atoms with Gasteiger partial charge in [0, 0.05) is 11.6 Å². The average molecular weight is 217 g/mol. The predicted molar refractivity (Wildman–Crippen MR) is 69.9 cm³/mol. The maximum Gasteiger partial charge on any atom is 0.0791 e. The van der Waals surface area contributed by atoms with Crippen LogP contribution in [0, 0.1) is 5.41 Å². The largest absolute Gasteiger partial charge is 0.253 e. The normalized spacial score (nSPS) is 8.43. The van der Waals surface area contributed by atoms with Crippen molar-refractivity contribution in [3.05, 3.63) is 17.1 Å². The first kappa shape index (κ1) is 19.2. The molecule has 1 rings (SSSR count). The van der Waals surface area contributed by atoms with Gasteiger partial charge in [0.15, 0.2) is 0 Å². The molecule has 0 bridgehead atoms. The maximum absolute atomic E-state index is 3.74. The van der Waals surface area contributed by atoms with Crippen LogP contribution in [-0.4, -0.2) is 4.98 Å². The lowest BCUT2D eigenvalue weighted by atomic mass is 9.94. The molecule has 0 aliphatic carbocycles. The van der Waals surface area contributed by atoms with Crippen molar-refractivity contribution in [1.29, 1.82) is 0 Å². The molecule has 2 heteroatoms. The highest BCUT2D eigenvalue weighted by molar-refractivity contribution is 7.07. The fraction of sp³-hybridized carbons (Fsp3) is 0.750. The van der Waals surface area contributed by atoms with Gasteiger partial charge in [-0.3, -0.25) is 4.98 Å². The molecule has 0 aromatic carbocycles. The van der Waals surface area contributed by atoms with E-state index in [1.807, 2.05) is 19.2 Å². The highest BCUT2D eigenvalue weighted by Crippen LogP contribution is 2.16. The van der Waals surface area contributed by atoms with Crippen molar-refractivity contribution >= 4 is 11.3 Å². The van der Waals surface area contributed by atoms with Crippen LogP contribution < -0.4 is 0 Å². The van der Waals surface area contributed by atoms with Gasteiger partial charge in [-0.25, -0.2) is 0 Å². The summed E-state index contributed by atoms with van der Waals surface area (Å²) in [7, 11) is 0. The predicted octanol–water partition coefficient (Wildman–Crippen LogP) is 5.25. The molecule has 1 aromatic rings. The summed E-state index contributed by atoms with van der Waals surface area (Å²) in [5, 5.41) is 1.93. The van der Waals surface area contributed by atoms with Crippen molar-refractivity contribution in [2.24, 2.45) is 5.41 Å². The summed E-state index contributed by atoms with van der Waals surface area (Å²) in [6.07, 6.45) is 3.04. The van der Waals surface area contributed by atoms with E-state index in [1.54, 1.807) is 23.0 Å². The Morgan fingerprint density at radius 3 is 1.71 bits per heavy atom. The van der Waals surface area contributed by atoms with E-state index in [-0.39, 0.29) is 7.43 Å². The summed E-state index contributed by atoms with van der Waals surface area (Å²) in [5.74, 6) is 0. The van der Waals surface area contributed by atoms with E-state index < -0.39 is 0 Å². The minimum absolute atomic E-state index is 0. The van der Waals surface area contributed by atoms with E-state index in [9.17, 15) is 0 Å². The molecule has 0 saturated heterocycles. The van der Waals surface area contributed by atoms with Gasteiger partial charge in [0.2, 0.25) is 0 Å². The van der Waals surface area contributed by atoms with Gasteiger partial charge in [0.05, 0.1) is 5.51 Å². The summed E-state index contributed by atoms with van der Waals surface area (Å²) < 4.78 is 0. The molecule has 0 amide bonds. The minimum Gasteiger partial charge on any atom is -0.253 e. The third kappa shape index (κ3) is 22.6. The third-order valence-electron chi connectivity index (χ3n) is 1.41. The van der Waals surface area contributed by atoms with Gasteiger partial charge in [-0.2, -0.15) is 0 Å². The zero-order valence-electron chi connectivity index (χ0n) is 9.79. The highest BCUT2D eigenvalue weighted by Gasteiger charge is 2.03. The lowest BCUT2D eigenvalue weighted by Crippen LogP contribution is -2.00. The lowest BCUT2D eigenvalue weighted by Gasteiger charge is -2.12.